The SMILES string of the molecule is C=CCCC1(C(F)(F)Sc2ccccc2)CCC(=O)O1. The van der Waals surface area contributed by atoms with Gasteiger partial charge in [-0.25, -0.2) is 0 Å². The molecule has 1 aliphatic rings. The molecule has 0 bridgehead atoms. The number of ether oxygens (including phenoxy) is 1. The van der Waals surface area contributed by atoms with Gasteiger partial charge in [-0.2, -0.15) is 8.78 Å². The van der Waals surface area contributed by atoms with Crippen LogP contribution < -0.4 is 0 Å². The van der Waals surface area contributed by atoms with Crippen molar-refractivity contribution in [3.05, 3.63) is 43.0 Å². The summed E-state index contributed by atoms with van der Waals surface area (Å²) in [6.45, 7) is 3.55. The summed E-state index contributed by atoms with van der Waals surface area (Å²) in [5, 5.41) is -3.16. The van der Waals surface area contributed by atoms with E-state index in [9.17, 15) is 13.6 Å². The number of benzene rings is 1. The van der Waals surface area contributed by atoms with E-state index in [0.29, 0.717) is 23.1 Å². The number of alkyl halides is 2. The molecule has 0 saturated carbocycles. The molecule has 108 valence electrons. The Labute approximate surface area is 121 Å². The van der Waals surface area contributed by atoms with Gasteiger partial charge in [0.1, 0.15) is 0 Å². The minimum atomic E-state index is -3.16. The van der Waals surface area contributed by atoms with Crippen molar-refractivity contribution >= 4 is 17.7 Å². The fraction of sp³-hybridized carbons (Fsp3) is 0.400. The summed E-state index contributed by atoms with van der Waals surface area (Å²) in [5.41, 5.74) is -1.72. The van der Waals surface area contributed by atoms with Gasteiger partial charge in [0.25, 0.3) is 0 Å². The van der Waals surface area contributed by atoms with E-state index in [0.717, 1.165) is 0 Å². The highest BCUT2D eigenvalue weighted by Gasteiger charge is 2.59. The molecule has 1 aromatic rings. The molecule has 20 heavy (non-hydrogen) atoms. The van der Waals surface area contributed by atoms with E-state index < -0.39 is 16.8 Å². The highest BCUT2D eigenvalue weighted by Crippen LogP contribution is 2.52. The first-order valence-electron chi connectivity index (χ1n) is 6.44. The molecule has 0 radical (unpaired) electrons. The second kappa shape index (κ2) is 5.95. The quantitative estimate of drug-likeness (QED) is 0.442. The number of thioether (sulfide) groups is 1. The zero-order chi connectivity index (χ0) is 14.6. The van der Waals surface area contributed by atoms with Crippen LogP contribution in [0.15, 0.2) is 47.9 Å². The Balaban J connectivity index is 2.22. The number of rotatable bonds is 6. The maximum atomic E-state index is 14.6. The van der Waals surface area contributed by atoms with E-state index in [1.165, 1.54) is 0 Å². The summed E-state index contributed by atoms with van der Waals surface area (Å²) in [7, 11) is 0. The van der Waals surface area contributed by atoms with E-state index in [1.807, 2.05) is 0 Å². The molecule has 2 nitrogen and oxygen atoms in total. The van der Waals surface area contributed by atoms with Gasteiger partial charge < -0.3 is 4.74 Å². The Morgan fingerprint density at radius 3 is 2.65 bits per heavy atom. The molecule has 0 amide bonds. The van der Waals surface area contributed by atoms with Crippen molar-refractivity contribution in [3.8, 4) is 0 Å². The number of esters is 1. The van der Waals surface area contributed by atoms with E-state index in [4.69, 9.17) is 4.74 Å². The maximum absolute atomic E-state index is 14.6. The van der Waals surface area contributed by atoms with Gasteiger partial charge in [-0.3, -0.25) is 4.79 Å². The summed E-state index contributed by atoms with van der Waals surface area (Å²) in [6.07, 6.45) is 2.14. The lowest BCUT2D eigenvalue weighted by atomic mass is 9.94. The van der Waals surface area contributed by atoms with Gasteiger partial charge in [0.05, 0.1) is 0 Å². The fourth-order valence-corrected chi connectivity index (χ4v) is 3.24. The Bertz CT molecular complexity index is 490. The molecule has 1 atom stereocenters. The molecule has 1 aromatic carbocycles. The van der Waals surface area contributed by atoms with Gasteiger partial charge in [-0.15, -0.1) is 6.58 Å². The van der Waals surface area contributed by atoms with Crippen LogP contribution in [-0.4, -0.2) is 16.8 Å². The van der Waals surface area contributed by atoms with Crippen LogP contribution in [0.2, 0.25) is 0 Å². The monoisotopic (exact) mass is 298 g/mol. The first-order chi connectivity index (χ1) is 9.49. The van der Waals surface area contributed by atoms with Crippen LogP contribution in [0.25, 0.3) is 0 Å². The van der Waals surface area contributed by atoms with Crippen LogP contribution in [0.3, 0.4) is 0 Å². The van der Waals surface area contributed by atoms with Crippen LogP contribution in [0, 0.1) is 0 Å². The largest absolute Gasteiger partial charge is 0.452 e. The van der Waals surface area contributed by atoms with Crippen LogP contribution in [0.4, 0.5) is 8.78 Å². The van der Waals surface area contributed by atoms with E-state index in [1.54, 1.807) is 36.4 Å². The second-order valence-electron chi connectivity index (χ2n) is 4.73. The van der Waals surface area contributed by atoms with Crippen LogP contribution >= 0.6 is 11.8 Å². The summed E-state index contributed by atoms with van der Waals surface area (Å²) >= 11 is 0.450. The smallest absolute Gasteiger partial charge is 0.337 e. The number of hydrogen-bond acceptors (Lipinski definition) is 3. The minimum Gasteiger partial charge on any atom is -0.452 e. The number of carbonyl (C=O) groups excluding carboxylic acids is 1. The van der Waals surface area contributed by atoms with Crippen molar-refractivity contribution < 1.29 is 18.3 Å². The number of hydrogen-bond donors (Lipinski definition) is 0. The van der Waals surface area contributed by atoms with Crippen molar-refractivity contribution in [1.82, 2.24) is 0 Å². The average Bonchev–Trinajstić information content (AvgIpc) is 2.80. The Morgan fingerprint density at radius 1 is 1.40 bits per heavy atom. The molecular weight excluding hydrogens is 282 g/mol. The maximum Gasteiger partial charge on any atom is 0.337 e. The van der Waals surface area contributed by atoms with E-state index >= 15 is 0 Å². The minimum absolute atomic E-state index is 0.0437. The summed E-state index contributed by atoms with van der Waals surface area (Å²) in [5.74, 6) is -0.553. The number of cyclic esters (lactones) is 1. The summed E-state index contributed by atoms with van der Waals surface area (Å²) in [6, 6.07) is 8.42. The number of allylic oxidation sites excluding steroid dienone is 1. The number of halogens is 2. The standard InChI is InChI=1S/C15H16F2O2S/c1-2-3-10-14(11-9-13(18)19-14)15(16,17)20-12-7-5-4-6-8-12/h2,4-8H,1,3,9-11H2. The van der Waals surface area contributed by atoms with Gasteiger partial charge in [0, 0.05) is 17.7 Å². The molecule has 5 heteroatoms. The fourth-order valence-electron chi connectivity index (χ4n) is 2.22. The van der Waals surface area contributed by atoms with Gasteiger partial charge in [-0.1, -0.05) is 24.3 Å². The lowest BCUT2D eigenvalue weighted by Gasteiger charge is -2.34. The molecular formula is C15H16F2O2S. The lowest BCUT2D eigenvalue weighted by molar-refractivity contribution is -0.170. The van der Waals surface area contributed by atoms with Crippen molar-refractivity contribution in [2.75, 3.05) is 0 Å². The Kier molecular flexibility index (Phi) is 4.48. The topological polar surface area (TPSA) is 26.3 Å². The van der Waals surface area contributed by atoms with Crippen molar-refractivity contribution in [1.29, 1.82) is 0 Å². The molecule has 0 spiro atoms. The first kappa shape index (κ1) is 15.0. The zero-order valence-corrected chi connectivity index (χ0v) is 11.8. The van der Waals surface area contributed by atoms with Gasteiger partial charge in [-0.05, 0) is 36.7 Å². The highest BCUT2D eigenvalue weighted by atomic mass is 32.2. The Morgan fingerprint density at radius 2 is 2.10 bits per heavy atom. The normalized spacial score (nSPS) is 22.6. The van der Waals surface area contributed by atoms with Gasteiger partial charge in [0.15, 0.2) is 5.60 Å². The summed E-state index contributed by atoms with van der Waals surface area (Å²) in [4.78, 5) is 11.8. The number of carbonyl (C=O) groups is 1. The molecule has 0 aliphatic carbocycles. The molecule has 2 rings (SSSR count). The van der Waals surface area contributed by atoms with Gasteiger partial charge >= 0.3 is 11.2 Å². The predicted octanol–water partition coefficient (Wildman–Crippen LogP) is 4.41. The molecule has 1 unspecified atom stereocenters. The van der Waals surface area contributed by atoms with Crippen molar-refractivity contribution in [3.63, 3.8) is 0 Å². The molecule has 1 fully saturated rings. The molecule has 1 heterocycles. The van der Waals surface area contributed by atoms with Crippen molar-refractivity contribution in [2.24, 2.45) is 0 Å². The van der Waals surface area contributed by atoms with E-state index in [2.05, 4.69) is 6.58 Å². The van der Waals surface area contributed by atoms with Crippen LogP contribution in [0.5, 0.6) is 0 Å². The lowest BCUT2D eigenvalue weighted by Crippen LogP contribution is -2.45. The molecule has 1 saturated heterocycles. The van der Waals surface area contributed by atoms with E-state index in [-0.39, 0.29) is 19.3 Å². The highest BCUT2D eigenvalue weighted by molar-refractivity contribution is 8.00. The van der Waals surface area contributed by atoms with Crippen LogP contribution in [-0.2, 0) is 9.53 Å². The first-order valence-corrected chi connectivity index (χ1v) is 7.25. The molecule has 0 N–H and O–H groups in total. The average molecular weight is 298 g/mol. The third kappa shape index (κ3) is 3.03. The van der Waals surface area contributed by atoms with Crippen LogP contribution in [0.1, 0.15) is 25.7 Å². The summed E-state index contributed by atoms with van der Waals surface area (Å²) < 4.78 is 34.3. The molecule has 1 aliphatic heterocycles. The third-order valence-electron chi connectivity index (χ3n) is 3.31. The zero-order valence-electron chi connectivity index (χ0n) is 11.0. The predicted molar refractivity (Wildman–Crippen MR) is 74.7 cm³/mol. The van der Waals surface area contributed by atoms with Gasteiger partial charge in [0.2, 0.25) is 0 Å². The second-order valence-corrected chi connectivity index (χ2v) is 5.92. The molecule has 0 aromatic heterocycles. The van der Waals surface area contributed by atoms with Crippen molar-refractivity contribution in [2.45, 2.75) is 41.4 Å². The Hall–Kier alpha value is -1.36. The third-order valence-corrected chi connectivity index (χ3v) is 4.45.